The third-order valence-electron chi connectivity index (χ3n) is 3.87. The Morgan fingerprint density at radius 1 is 1.07 bits per heavy atom. The first-order valence-corrected chi connectivity index (χ1v) is 8.39. The number of benzene rings is 2. The van der Waals surface area contributed by atoms with Crippen LogP contribution in [0.15, 0.2) is 75.8 Å². The van der Waals surface area contributed by atoms with Crippen LogP contribution in [0.2, 0.25) is 0 Å². The van der Waals surface area contributed by atoms with Gasteiger partial charge in [-0.25, -0.2) is 0 Å². The van der Waals surface area contributed by atoms with Crippen LogP contribution >= 0.6 is 0 Å². The van der Waals surface area contributed by atoms with E-state index < -0.39 is 5.56 Å². The number of hydrogen-bond acceptors (Lipinski definition) is 6. The summed E-state index contributed by atoms with van der Waals surface area (Å²) < 4.78 is 5.11. The van der Waals surface area contributed by atoms with E-state index in [0.717, 1.165) is 17.0 Å². The Hall–Kier alpha value is -4.18. The van der Waals surface area contributed by atoms with Crippen molar-refractivity contribution in [3.05, 3.63) is 87.8 Å². The highest BCUT2D eigenvalue weighted by atomic mass is 16.5. The Labute approximate surface area is 161 Å². The summed E-state index contributed by atoms with van der Waals surface area (Å²) >= 11 is 0. The van der Waals surface area contributed by atoms with Crippen molar-refractivity contribution in [1.82, 2.24) is 4.98 Å². The van der Waals surface area contributed by atoms with Gasteiger partial charge in [-0.05, 0) is 42.0 Å². The molecule has 0 fully saturated rings. The smallest absolute Gasteiger partial charge is 0.268 e. The van der Waals surface area contributed by atoms with Gasteiger partial charge in [0.1, 0.15) is 17.4 Å². The van der Waals surface area contributed by atoms with Gasteiger partial charge in [-0.2, -0.15) is 15.5 Å². The normalized spacial score (nSPS) is 10.9. The first-order chi connectivity index (χ1) is 13.7. The summed E-state index contributed by atoms with van der Waals surface area (Å²) in [6.07, 6.45) is 4.56. The molecule has 0 atom stereocenters. The number of nitrogens with one attached hydrogen (secondary N) is 2. The lowest BCUT2D eigenvalue weighted by Gasteiger charge is -2.10. The van der Waals surface area contributed by atoms with E-state index in [-0.39, 0.29) is 5.56 Å². The third-order valence-corrected chi connectivity index (χ3v) is 3.87. The van der Waals surface area contributed by atoms with Gasteiger partial charge in [-0.15, -0.1) is 0 Å². The van der Waals surface area contributed by atoms with Gasteiger partial charge >= 0.3 is 0 Å². The molecule has 0 aliphatic carbocycles. The van der Waals surface area contributed by atoms with Gasteiger partial charge in [-0.1, -0.05) is 18.2 Å². The van der Waals surface area contributed by atoms with Crippen molar-refractivity contribution in [3.63, 3.8) is 0 Å². The zero-order valence-electron chi connectivity index (χ0n) is 15.1. The Balaban J connectivity index is 1.86. The number of aromatic amines is 1. The van der Waals surface area contributed by atoms with Crippen LogP contribution in [0.1, 0.15) is 16.7 Å². The molecule has 0 aliphatic heterocycles. The molecule has 0 unspecified atom stereocenters. The lowest BCUT2D eigenvalue weighted by molar-refractivity contribution is 0.415. The van der Waals surface area contributed by atoms with Crippen LogP contribution in [0.5, 0.6) is 5.75 Å². The van der Waals surface area contributed by atoms with Gasteiger partial charge < -0.3 is 15.0 Å². The molecule has 7 heteroatoms. The third kappa shape index (κ3) is 4.51. The van der Waals surface area contributed by atoms with Crippen molar-refractivity contribution in [1.29, 1.82) is 5.26 Å². The van der Waals surface area contributed by atoms with Gasteiger partial charge in [-0.3, -0.25) is 4.79 Å². The van der Waals surface area contributed by atoms with E-state index in [2.05, 4.69) is 20.5 Å². The molecule has 0 aliphatic rings. The highest BCUT2D eigenvalue weighted by molar-refractivity contribution is 5.91. The molecule has 3 rings (SSSR count). The maximum atomic E-state index is 12.0. The summed E-state index contributed by atoms with van der Waals surface area (Å²) in [6, 6.07) is 18.6. The molecule has 0 spiro atoms. The number of ether oxygens (including phenoxy) is 1. The molecule has 0 saturated carbocycles. The minimum atomic E-state index is -0.472. The van der Waals surface area contributed by atoms with Crippen LogP contribution in [-0.2, 0) is 0 Å². The van der Waals surface area contributed by atoms with E-state index in [1.807, 2.05) is 60.7 Å². The molecule has 1 heterocycles. The van der Waals surface area contributed by atoms with Crippen molar-refractivity contribution in [3.8, 4) is 11.8 Å². The summed E-state index contributed by atoms with van der Waals surface area (Å²) in [5, 5.41) is 20.5. The Bertz CT molecular complexity index is 1090. The number of H-pyrrole nitrogens is 1. The van der Waals surface area contributed by atoms with Gasteiger partial charge in [0.05, 0.1) is 25.2 Å². The number of aromatic nitrogens is 1. The molecule has 1 aromatic heterocycles. The summed E-state index contributed by atoms with van der Waals surface area (Å²) in [4.78, 5) is 14.5. The lowest BCUT2D eigenvalue weighted by Crippen LogP contribution is -2.14. The molecule has 0 radical (unpaired) electrons. The van der Waals surface area contributed by atoms with Crippen LogP contribution in [-0.4, -0.2) is 24.5 Å². The second-order valence-corrected chi connectivity index (χ2v) is 5.69. The quantitative estimate of drug-likeness (QED) is 0.512. The summed E-state index contributed by atoms with van der Waals surface area (Å²) in [5.41, 5.74) is 2.03. The topological polar surface area (TPSA) is 103 Å². The van der Waals surface area contributed by atoms with Crippen LogP contribution in [0, 0.1) is 11.3 Å². The fourth-order valence-corrected chi connectivity index (χ4v) is 2.44. The van der Waals surface area contributed by atoms with Gasteiger partial charge in [0.15, 0.2) is 0 Å². The molecule has 0 bridgehead atoms. The van der Waals surface area contributed by atoms with E-state index >= 15 is 0 Å². The van der Waals surface area contributed by atoms with Crippen LogP contribution in [0.4, 0.5) is 11.4 Å². The largest absolute Gasteiger partial charge is 0.497 e. The predicted molar refractivity (Wildman–Crippen MR) is 110 cm³/mol. The van der Waals surface area contributed by atoms with E-state index in [1.54, 1.807) is 13.3 Å². The van der Waals surface area contributed by atoms with Crippen molar-refractivity contribution in [2.75, 3.05) is 12.4 Å². The Morgan fingerprint density at radius 2 is 1.79 bits per heavy atom. The molecular formula is C21H17N5O2. The number of hydrogen-bond donors (Lipinski definition) is 2. The first-order valence-electron chi connectivity index (χ1n) is 8.39. The zero-order chi connectivity index (χ0) is 19.8. The van der Waals surface area contributed by atoms with Gasteiger partial charge in [0, 0.05) is 17.4 Å². The number of nitrogens with zero attached hydrogens (tertiary/aromatic N) is 3. The number of anilines is 2. The lowest BCUT2D eigenvalue weighted by atomic mass is 10.1. The average molecular weight is 371 g/mol. The molecule has 28 heavy (non-hydrogen) atoms. The second kappa shape index (κ2) is 8.96. The Morgan fingerprint density at radius 3 is 2.46 bits per heavy atom. The highest BCUT2D eigenvalue weighted by Crippen LogP contribution is 2.21. The van der Waals surface area contributed by atoms with E-state index in [4.69, 9.17) is 4.74 Å². The fourth-order valence-electron chi connectivity index (χ4n) is 2.44. The molecular weight excluding hydrogens is 354 g/mol. The highest BCUT2D eigenvalue weighted by Gasteiger charge is 2.11. The van der Waals surface area contributed by atoms with Crippen molar-refractivity contribution < 1.29 is 4.74 Å². The number of methoxy groups -OCH3 is 1. The summed E-state index contributed by atoms with van der Waals surface area (Å²) in [7, 11) is 1.61. The fraction of sp³-hybridized carbons (Fsp3) is 0.0476. The number of rotatable bonds is 6. The predicted octanol–water partition coefficient (Wildman–Crippen LogP) is 3.45. The maximum absolute atomic E-state index is 12.0. The van der Waals surface area contributed by atoms with Crippen LogP contribution in [0.3, 0.4) is 0 Å². The number of nitriles is 1. The van der Waals surface area contributed by atoms with Crippen molar-refractivity contribution >= 4 is 23.8 Å². The molecule has 7 nitrogen and oxygen atoms in total. The molecule has 0 amide bonds. The van der Waals surface area contributed by atoms with E-state index in [1.165, 1.54) is 12.4 Å². The summed E-state index contributed by atoms with van der Waals surface area (Å²) in [6.45, 7) is 0. The number of pyridine rings is 1. The minimum absolute atomic E-state index is 0.0214. The maximum Gasteiger partial charge on any atom is 0.268 e. The monoisotopic (exact) mass is 371 g/mol. The SMILES string of the molecule is COc1ccc(C=N/N=C/c2c[nH]c(=O)c(C#N)c2Nc2ccccc2)cc1. The van der Waals surface area contributed by atoms with Gasteiger partial charge in [0.25, 0.3) is 5.56 Å². The number of para-hydroxylation sites is 1. The molecule has 2 N–H and O–H groups in total. The van der Waals surface area contributed by atoms with Crippen LogP contribution in [0.25, 0.3) is 0 Å². The van der Waals surface area contributed by atoms with Crippen molar-refractivity contribution in [2.45, 2.75) is 0 Å². The first kappa shape index (κ1) is 18.6. The zero-order valence-corrected chi connectivity index (χ0v) is 15.1. The Kier molecular flexibility index (Phi) is 5.95. The average Bonchev–Trinajstić information content (AvgIpc) is 2.74. The molecule has 3 aromatic rings. The second-order valence-electron chi connectivity index (χ2n) is 5.69. The summed E-state index contributed by atoms with van der Waals surface area (Å²) in [5.74, 6) is 0.759. The molecule has 2 aromatic carbocycles. The van der Waals surface area contributed by atoms with E-state index in [9.17, 15) is 10.1 Å². The van der Waals surface area contributed by atoms with E-state index in [0.29, 0.717) is 11.3 Å². The molecule has 138 valence electrons. The standard InChI is InChI=1S/C21H17N5O2/c1-28-18-9-7-15(8-10-18)12-24-25-14-16-13-23-21(27)19(11-22)20(16)26-17-5-3-2-4-6-17/h2-10,12-14H,1H3,(H2,23,26,27)/b24-12?,25-14+. The van der Waals surface area contributed by atoms with Crippen LogP contribution < -0.4 is 15.6 Å². The molecule has 0 saturated heterocycles. The minimum Gasteiger partial charge on any atom is -0.497 e. The van der Waals surface area contributed by atoms with Gasteiger partial charge in [0.2, 0.25) is 0 Å². The van der Waals surface area contributed by atoms with Crippen molar-refractivity contribution in [2.24, 2.45) is 10.2 Å².